The number of likely N-dealkylation sites (tertiary alicyclic amines) is 1. The average Bonchev–Trinajstić information content (AvgIpc) is 3.45. The predicted octanol–water partition coefficient (Wildman–Crippen LogP) is 3.72. The van der Waals surface area contributed by atoms with Crippen molar-refractivity contribution in [3.05, 3.63) is 83.2 Å². The van der Waals surface area contributed by atoms with Gasteiger partial charge in [0.2, 0.25) is 0 Å². The van der Waals surface area contributed by atoms with Gasteiger partial charge in [0.1, 0.15) is 11.5 Å². The Labute approximate surface area is 228 Å². The van der Waals surface area contributed by atoms with Gasteiger partial charge in [0.05, 0.1) is 54.1 Å². The summed E-state index contributed by atoms with van der Waals surface area (Å²) in [6.45, 7) is 9.51. The Hall–Kier alpha value is -3.95. The molecule has 0 spiro atoms. The molecule has 5 rings (SSSR count). The van der Waals surface area contributed by atoms with E-state index in [1.54, 1.807) is 9.58 Å². The molecule has 2 saturated heterocycles. The summed E-state index contributed by atoms with van der Waals surface area (Å²) in [4.78, 5) is 30.6. The number of hydrogen-bond donors (Lipinski definition) is 1. The lowest BCUT2D eigenvalue weighted by molar-refractivity contribution is -0.140. The molecule has 1 aromatic heterocycles. The summed E-state index contributed by atoms with van der Waals surface area (Å²) >= 11 is 0. The minimum atomic E-state index is -0.737. The van der Waals surface area contributed by atoms with Crippen LogP contribution in [-0.4, -0.2) is 81.9 Å². The van der Waals surface area contributed by atoms with Crippen LogP contribution >= 0.6 is 0 Å². The highest BCUT2D eigenvalue weighted by molar-refractivity contribution is 6.46. The number of hydrogen-bond acceptors (Lipinski definition) is 7. The molecule has 2 aliphatic heterocycles. The van der Waals surface area contributed by atoms with Crippen LogP contribution in [0.15, 0.2) is 66.4 Å². The first-order valence-corrected chi connectivity index (χ1v) is 13.3. The van der Waals surface area contributed by atoms with E-state index in [2.05, 4.69) is 10.00 Å². The molecule has 3 aromatic rings. The van der Waals surface area contributed by atoms with Crippen molar-refractivity contribution in [2.24, 2.45) is 0 Å². The van der Waals surface area contributed by atoms with Gasteiger partial charge >= 0.3 is 0 Å². The van der Waals surface area contributed by atoms with Gasteiger partial charge in [0.15, 0.2) is 0 Å². The van der Waals surface area contributed by atoms with Crippen LogP contribution in [0.4, 0.5) is 0 Å². The lowest BCUT2D eigenvalue weighted by Gasteiger charge is -2.31. The summed E-state index contributed by atoms with van der Waals surface area (Å²) in [7, 11) is 0. The van der Waals surface area contributed by atoms with E-state index in [1.807, 2.05) is 75.4 Å². The van der Waals surface area contributed by atoms with Gasteiger partial charge in [-0.2, -0.15) is 5.10 Å². The Balaban J connectivity index is 1.54. The molecule has 3 heterocycles. The van der Waals surface area contributed by atoms with E-state index in [-0.39, 0.29) is 17.4 Å². The lowest BCUT2D eigenvalue weighted by Crippen LogP contribution is -2.42. The molecule has 0 aliphatic carbocycles. The molecule has 0 radical (unpaired) electrons. The second-order valence-electron chi connectivity index (χ2n) is 10.1. The molecule has 0 bridgehead atoms. The molecule has 9 nitrogen and oxygen atoms in total. The predicted molar refractivity (Wildman–Crippen MR) is 147 cm³/mol. The number of benzene rings is 2. The molecule has 204 valence electrons. The minimum absolute atomic E-state index is 0.0131. The van der Waals surface area contributed by atoms with E-state index in [0.717, 1.165) is 24.3 Å². The van der Waals surface area contributed by atoms with Gasteiger partial charge in [-0.05, 0) is 50.6 Å². The fourth-order valence-electron chi connectivity index (χ4n) is 5.15. The number of carbonyl (C=O) groups is 2. The highest BCUT2D eigenvalue weighted by Gasteiger charge is 2.46. The van der Waals surface area contributed by atoms with Gasteiger partial charge in [0, 0.05) is 26.2 Å². The largest absolute Gasteiger partial charge is 0.507 e. The summed E-state index contributed by atoms with van der Waals surface area (Å²) in [5.74, 6) is -0.854. The molecule has 0 saturated carbocycles. The molecule has 1 N–H and O–H groups in total. The zero-order valence-corrected chi connectivity index (χ0v) is 22.5. The van der Waals surface area contributed by atoms with Crippen molar-refractivity contribution in [2.75, 3.05) is 39.4 Å². The third-order valence-electron chi connectivity index (χ3n) is 7.13. The first-order valence-electron chi connectivity index (χ1n) is 13.3. The van der Waals surface area contributed by atoms with Gasteiger partial charge < -0.3 is 19.5 Å². The second-order valence-corrected chi connectivity index (χ2v) is 10.1. The molecule has 1 atom stereocenters. The summed E-state index contributed by atoms with van der Waals surface area (Å²) in [5.41, 5.74) is 2.70. The molecule has 1 amide bonds. The smallest absolute Gasteiger partial charge is 0.295 e. The molecule has 2 aromatic carbocycles. The van der Waals surface area contributed by atoms with E-state index in [9.17, 15) is 14.7 Å². The SMILES string of the molecule is Cc1c(C(O)=C2C(=O)C(=O)N(CCN3CCOCC3)C2c2ccc(OC(C)C)cc2)cnn1-c1ccccc1. The van der Waals surface area contributed by atoms with Crippen LogP contribution in [0.2, 0.25) is 0 Å². The molecule has 1 unspecified atom stereocenters. The van der Waals surface area contributed by atoms with Crippen LogP contribution in [-0.2, 0) is 14.3 Å². The number of amides is 1. The van der Waals surface area contributed by atoms with Gasteiger partial charge in [-0.3, -0.25) is 14.5 Å². The number of aromatic nitrogens is 2. The van der Waals surface area contributed by atoms with E-state index in [4.69, 9.17) is 9.47 Å². The van der Waals surface area contributed by atoms with Crippen molar-refractivity contribution < 1.29 is 24.2 Å². The van der Waals surface area contributed by atoms with Crippen LogP contribution in [0.25, 0.3) is 11.4 Å². The van der Waals surface area contributed by atoms with Crippen LogP contribution in [0.5, 0.6) is 5.75 Å². The van der Waals surface area contributed by atoms with E-state index >= 15 is 0 Å². The third kappa shape index (κ3) is 5.46. The first-order chi connectivity index (χ1) is 18.8. The first kappa shape index (κ1) is 26.6. The van der Waals surface area contributed by atoms with Crippen LogP contribution in [0.3, 0.4) is 0 Å². The van der Waals surface area contributed by atoms with Crippen molar-refractivity contribution >= 4 is 17.4 Å². The van der Waals surface area contributed by atoms with Crippen LogP contribution in [0, 0.1) is 6.92 Å². The van der Waals surface area contributed by atoms with Gasteiger partial charge in [0.25, 0.3) is 11.7 Å². The number of aliphatic hydroxyl groups is 1. The highest BCUT2D eigenvalue weighted by atomic mass is 16.5. The van der Waals surface area contributed by atoms with Crippen LogP contribution in [0.1, 0.15) is 36.7 Å². The number of para-hydroxylation sites is 1. The fourth-order valence-corrected chi connectivity index (χ4v) is 5.15. The van der Waals surface area contributed by atoms with E-state index < -0.39 is 17.7 Å². The molecule has 9 heteroatoms. The molecular formula is C30H34N4O5. The Kier molecular flexibility index (Phi) is 7.81. The Morgan fingerprint density at radius 2 is 1.74 bits per heavy atom. The quantitative estimate of drug-likeness (QED) is 0.269. The maximum Gasteiger partial charge on any atom is 0.295 e. The molecular weight excluding hydrogens is 496 g/mol. The summed E-state index contributed by atoms with van der Waals surface area (Å²) in [6, 6.07) is 16.2. The second kappa shape index (κ2) is 11.4. The monoisotopic (exact) mass is 530 g/mol. The standard InChI is InChI=1S/C30H34N4O5/c1-20(2)39-24-11-9-22(10-12-24)27-26(29(36)30(37)33(27)14-13-32-15-17-38-18-16-32)28(35)25-19-31-34(21(25)3)23-7-5-4-6-8-23/h4-12,19-20,27,35H,13-18H2,1-3H3. The number of ketones is 1. The van der Waals surface area contributed by atoms with Gasteiger partial charge in [-0.1, -0.05) is 30.3 Å². The minimum Gasteiger partial charge on any atom is -0.507 e. The Morgan fingerprint density at radius 3 is 2.41 bits per heavy atom. The maximum absolute atomic E-state index is 13.5. The molecule has 2 aliphatic rings. The van der Waals surface area contributed by atoms with Crippen molar-refractivity contribution in [1.29, 1.82) is 0 Å². The van der Waals surface area contributed by atoms with Crippen molar-refractivity contribution in [3.8, 4) is 11.4 Å². The maximum atomic E-state index is 13.5. The number of ether oxygens (including phenoxy) is 2. The molecule has 39 heavy (non-hydrogen) atoms. The topological polar surface area (TPSA) is 97.1 Å². The van der Waals surface area contributed by atoms with Crippen LogP contribution < -0.4 is 4.74 Å². The zero-order chi connectivity index (χ0) is 27.5. The number of morpholine rings is 1. The number of Topliss-reactive ketones (excluding diaryl/α,β-unsaturated/α-hetero) is 1. The molecule has 2 fully saturated rings. The normalized spacial score (nSPS) is 19.7. The van der Waals surface area contributed by atoms with Crippen molar-refractivity contribution in [1.82, 2.24) is 19.6 Å². The van der Waals surface area contributed by atoms with Crippen molar-refractivity contribution in [2.45, 2.75) is 32.9 Å². The van der Waals surface area contributed by atoms with Gasteiger partial charge in [-0.25, -0.2) is 4.68 Å². The average molecular weight is 531 g/mol. The lowest BCUT2D eigenvalue weighted by atomic mass is 9.95. The van der Waals surface area contributed by atoms with Crippen molar-refractivity contribution in [3.63, 3.8) is 0 Å². The Bertz CT molecular complexity index is 1360. The number of carbonyl (C=O) groups excluding carboxylic acids is 2. The third-order valence-corrected chi connectivity index (χ3v) is 7.13. The summed E-state index contributed by atoms with van der Waals surface area (Å²) in [6.07, 6.45) is 1.55. The summed E-state index contributed by atoms with van der Waals surface area (Å²) < 4.78 is 12.9. The highest BCUT2D eigenvalue weighted by Crippen LogP contribution is 2.40. The fraction of sp³-hybridized carbons (Fsp3) is 0.367. The van der Waals surface area contributed by atoms with E-state index in [0.29, 0.717) is 43.3 Å². The zero-order valence-electron chi connectivity index (χ0n) is 22.5. The number of aliphatic hydroxyl groups excluding tert-OH is 1. The Morgan fingerprint density at radius 1 is 1.05 bits per heavy atom. The summed E-state index contributed by atoms with van der Waals surface area (Å²) in [5, 5.41) is 16.0. The van der Waals surface area contributed by atoms with Gasteiger partial charge in [-0.15, -0.1) is 0 Å². The number of nitrogens with zero attached hydrogens (tertiary/aromatic N) is 4. The number of rotatable bonds is 8. The van der Waals surface area contributed by atoms with E-state index in [1.165, 1.54) is 6.20 Å².